The highest BCUT2D eigenvalue weighted by molar-refractivity contribution is 5.76. The number of carbonyl (C=O) groups is 1. The fourth-order valence-corrected chi connectivity index (χ4v) is 3.56. The predicted octanol–water partition coefficient (Wildman–Crippen LogP) is 3.88. The number of nitrogens with zero attached hydrogens (tertiary/aromatic N) is 1. The first-order chi connectivity index (χ1) is 10.1. The molecule has 0 N–H and O–H groups in total. The molecule has 2 nitrogen and oxygen atoms in total. The van der Waals surface area contributed by atoms with E-state index in [1.54, 1.807) is 0 Å². The lowest BCUT2D eigenvalue weighted by atomic mass is 9.92. The van der Waals surface area contributed by atoms with Gasteiger partial charge in [0, 0.05) is 19.5 Å². The molecule has 3 rings (SSSR count). The summed E-state index contributed by atoms with van der Waals surface area (Å²) in [5.74, 6) is 2.26. The summed E-state index contributed by atoms with van der Waals surface area (Å²) in [6.45, 7) is 6.26. The van der Waals surface area contributed by atoms with Crippen molar-refractivity contribution >= 4 is 5.91 Å². The number of hydrogen-bond donors (Lipinski definition) is 0. The number of likely N-dealkylation sites (tertiary alicyclic amines) is 1. The van der Waals surface area contributed by atoms with Gasteiger partial charge in [-0.2, -0.15) is 0 Å². The molecule has 0 radical (unpaired) electrons. The van der Waals surface area contributed by atoms with E-state index < -0.39 is 0 Å². The summed E-state index contributed by atoms with van der Waals surface area (Å²) in [6.07, 6.45) is 6.88. The van der Waals surface area contributed by atoms with E-state index >= 15 is 0 Å². The minimum Gasteiger partial charge on any atom is -0.343 e. The lowest BCUT2D eigenvalue weighted by Crippen LogP contribution is -2.39. The molecule has 0 unspecified atom stereocenters. The largest absolute Gasteiger partial charge is 0.343 e. The molecule has 0 aromatic heterocycles. The minimum atomic E-state index is 0.350. The molecule has 1 saturated carbocycles. The number of piperidine rings is 1. The Hall–Kier alpha value is -1.31. The first kappa shape index (κ1) is 14.6. The van der Waals surface area contributed by atoms with Gasteiger partial charge >= 0.3 is 0 Å². The topological polar surface area (TPSA) is 20.3 Å². The smallest absolute Gasteiger partial charge is 0.222 e. The molecule has 0 atom stereocenters. The van der Waals surface area contributed by atoms with E-state index in [0.29, 0.717) is 12.3 Å². The molecule has 1 aromatic rings. The van der Waals surface area contributed by atoms with Gasteiger partial charge in [-0.3, -0.25) is 4.79 Å². The Kier molecular flexibility index (Phi) is 4.32. The normalized spacial score (nSPS) is 19.8. The number of carbonyl (C=O) groups excluding carboxylic acids is 1. The van der Waals surface area contributed by atoms with Crippen LogP contribution in [-0.4, -0.2) is 23.9 Å². The molecule has 2 heteroatoms. The zero-order chi connectivity index (χ0) is 14.8. The van der Waals surface area contributed by atoms with E-state index in [2.05, 4.69) is 36.9 Å². The van der Waals surface area contributed by atoms with Gasteiger partial charge in [-0.1, -0.05) is 18.2 Å². The van der Waals surface area contributed by atoms with Crippen LogP contribution in [0.2, 0.25) is 0 Å². The Bertz CT molecular complexity index is 510. The van der Waals surface area contributed by atoms with Crippen molar-refractivity contribution in [1.82, 2.24) is 4.90 Å². The third-order valence-corrected chi connectivity index (χ3v) is 5.38. The van der Waals surface area contributed by atoms with Gasteiger partial charge in [0.25, 0.3) is 0 Å². The number of hydrogen-bond acceptors (Lipinski definition) is 1. The average Bonchev–Trinajstić information content (AvgIpc) is 3.33. The van der Waals surface area contributed by atoms with E-state index in [0.717, 1.165) is 31.3 Å². The van der Waals surface area contributed by atoms with Crippen LogP contribution in [0.4, 0.5) is 0 Å². The maximum absolute atomic E-state index is 12.3. The second kappa shape index (κ2) is 6.21. The van der Waals surface area contributed by atoms with Crippen LogP contribution in [0.15, 0.2) is 18.2 Å². The highest BCUT2D eigenvalue weighted by atomic mass is 16.2. The van der Waals surface area contributed by atoms with Crippen LogP contribution >= 0.6 is 0 Å². The molecule has 1 amide bonds. The molecule has 2 aliphatic rings. The lowest BCUT2D eigenvalue weighted by molar-refractivity contribution is -0.132. The van der Waals surface area contributed by atoms with Crippen molar-refractivity contribution in [1.29, 1.82) is 0 Å². The van der Waals surface area contributed by atoms with E-state index in [1.165, 1.54) is 42.4 Å². The Balaban J connectivity index is 1.46. The summed E-state index contributed by atoms with van der Waals surface area (Å²) in [6, 6.07) is 6.55. The summed E-state index contributed by atoms with van der Waals surface area (Å²) in [5, 5.41) is 0. The summed E-state index contributed by atoms with van der Waals surface area (Å²) < 4.78 is 0. The van der Waals surface area contributed by atoms with Crippen LogP contribution < -0.4 is 0 Å². The van der Waals surface area contributed by atoms with Crippen molar-refractivity contribution in [3.63, 3.8) is 0 Å². The van der Waals surface area contributed by atoms with Crippen molar-refractivity contribution in [2.75, 3.05) is 13.1 Å². The van der Waals surface area contributed by atoms with Gasteiger partial charge in [-0.25, -0.2) is 0 Å². The monoisotopic (exact) mass is 285 g/mol. The standard InChI is InChI=1S/C19H27NO/c1-14-3-4-16(13-15(14)2)5-8-19(21)20-11-9-18(10-12-20)17-6-7-17/h3-4,13,17-18H,5-12H2,1-2H3. The predicted molar refractivity (Wildman–Crippen MR) is 86.3 cm³/mol. The zero-order valence-electron chi connectivity index (χ0n) is 13.4. The summed E-state index contributed by atoms with van der Waals surface area (Å²) in [4.78, 5) is 14.4. The second-order valence-corrected chi connectivity index (χ2v) is 6.97. The fourth-order valence-electron chi connectivity index (χ4n) is 3.56. The van der Waals surface area contributed by atoms with Crippen molar-refractivity contribution in [3.05, 3.63) is 34.9 Å². The minimum absolute atomic E-state index is 0.350. The molecule has 1 aromatic carbocycles. The highest BCUT2D eigenvalue weighted by Gasteiger charge is 2.34. The maximum Gasteiger partial charge on any atom is 0.222 e. The van der Waals surface area contributed by atoms with Crippen molar-refractivity contribution < 1.29 is 4.79 Å². The summed E-state index contributed by atoms with van der Waals surface area (Å²) >= 11 is 0. The third kappa shape index (κ3) is 3.66. The van der Waals surface area contributed by atoms with E-state index in [-0.39, 0.29) is 0 Å². The first-order valence-electron chi connectivity index (χ1n) is 8.47. The number of rotatable bonds is 4. The van der Waals surface area contributed by atoms with Crippen molar-refractivity contribution in [2.45, 2.75) is 52.4 Å². The Morgan fingerprint density at radius 3 is 2.33 bits per heavy atom. The molecule has 0 bridgehead atoms. The zero-order valence-corrected chi connectivity index (χ0v) is 13.4. The van der Waals surface area contributed by atoms with Crippen LogP contribution in [0.1, 0.15) is 48.8 Å². The van der Waals surface area contributed by atoms with Gasteiger partial charge in [0.2, 0.25) is 5.91 Å². The van der Waals surface area contributed by atoms with Gasteiger partial charge < -0.3 is 4.90 Å². The van der Waals surface area contributed by atoms with Gasteiger partial charge in [-0.05, 0) is 74.5 Å². The molecule has 21 heavy (non-hydrogen) atoms. The van der Waals surface area contributed by atoms with Gasteiger partial charge in [0.1, 0.15) is 0 Å². The third-order valence-electron chi connectivity index (χ3n) is 5.38. The quantitative estimate of drug-likeness (QED) is 0.822. The molecule has 1 heterocycles. The highest BCUT2D eigenvalue weighted by Crippen LogP contribution is 2.41. The molecule has 2 fully saturated rings. The lowest BCUT2D eigenvalue weighted by Gasteiger charge is -2.32. The molecule has 1 saturated heterocycles. The number of benzene rings is 1. The van der Waals surface area contributed by atoms with Crippen LogP contribution in [-0.2, 0) is 11.2 Å². The molecular formula is C19H27NO. The van der Waals surface area contributed by atoms with Gasteiger partial charge in [0.05, 0.1) is 0 Å². The first-order valence-corrected chi connectivity index (χ1v) is 8.47. The van der Waals surface area contributed by atoms with E-state index in [1.807, 2.05) is 0 Å². The Labute approximate surface area is 128 Å². The average molecular weight is 285 g/mol. The van der Waals surface area contributed by atoms with Crippen LogP contribution in [0, 0.1) is 25.7 Å². The molecule has 1 aliphatic carbocycles. The van der Waals surface area contributed by atoms with E-state index in [9.17, 15) is 4.79 Å². The second-order valence-electron chi connectivity index (χ2n) is 6.97. The van der Waals surface area contributed by atoms with Gasteiger partial charge in [0.15, 0.2) is 0 Å². The maximum atomic E-state index is 12.3. The van der Waals surface area contributed by atoms with E-state index in [4.69, 9.17) is 0 Å². The van der Waals surface area contributed by atoms with Crippen LogP contribution in [0.5, 0.6) is 0 Å². The molecule has 1 aliphatic heterocycles. The number of aryl methyl sites for hydroxylation is 3. The molecular weight excluding hydrogens is 258 g/mol. The SMILES string of the molecule is Cc1ccc(CCC(=O)N2CCC(C3CC3)CC2)cc1C. The Morgan fingerprint density at radius 1 is 1.05 bits per heavy atom. The van der Waals surface area contributed by atoms with Crippen molar-refractivity contribution in [2.24, 2.45) is 11.8 Å². The van der Waals surface area contributed by atoms with Crippen LogP contribution in [0.25, 0.3) is 0 Å². The number of amides is 1. The Morgan fingerprint density at radius 2 is 1.71 bits per heavy atom. The fraction of sp³-hybridized carbons (Fsp3) is 0.632. The molecule has 0 spiro atoms. The molecule has 114 valence electrons. The van der Waals surface area contributed by atoms with Crippen LogP contribution in [0.3, 0.4) is 0 Å². The van der Waals surface area contributed by atoms with Crippen molar-refractivity contribution in [3.8, 4) is 0 Å². The van der Waals surface area contributed by atoms with Gasteiger partial charge in [-0.15, -0.1) is 0 Å². The summed E-state index contributed by atoms with van der Waals surface area (Å²) in [7, 11) is 0. The summed E-state index contributed by atoms with van der Waals surface area (Å²) in [5.41, 5.74) is 3.94.